The SMILES string of the molecule is O=C(N[C@H](N1C[C@@H]2C[C@@H](C1)c1cccc(=O)n1C2)C(Cl)(Cl)Cl)c1ccc(Br)cc1. The first-order valence-corrected chi connectivity index (χ1v) is 11.2. The highest BCUT2D eigenvalue weighted by Crippen LogP contribution is 2.40. The topological polar surface area (TPSA) is 54.3 Å². The number of rotatable bonds is 3. The van der Waals surface area contributed by atoms with Crippen LogP contribution in [0.3, 0.4) is 0 Å². The van der Waals surface area contributed by atoms with E-state index in [9.17, 15) is 9.59 Å². The van der Waals surface area contributed by atoms with Gasteiger partial charge in [0.05, 0.1) is 0 Å². The number of pyridine rings is 1. The van der Waals surface area contributed by atoms with Gasteiger partial charge in [0.15, 0.2) is 0 Å². The molecular weight excluding hydrogens is 501 g/mol. The Bertz CT molecular complexity index is 974. The highest BCUT2D eigenvalue weighted by molar-refractivity contribution is 9.10. The monoisotopic (exact) mass is 517 g/mol. The first-order chi connectivity index (χ1) is 13.7. The average molecular weight is 520 g/mol. The number of likely N-dealkylation sites (tertiary alicyclic amines) is 1. The lowest BCUT2D eigenvalue weighted by atomic mass is 9.83. The van der Waals surface area contributed by atoms with Gasteiger partial charge in [-0.05, 0) is 42.7 Å². The molecule has 29 heavy (non-hydrogen) atoms. The molecule has 1 amide bonds. The first-order valence-electron chi connectivity index (χ1n) is 9.29. The molecule has 4 rings (SSSR count). The molecule has 3 heterocycles. The fourth-order valence-corrected chi connectivity index (χ4v) is 5.18. The van der Waals surface area contributed by atoms with E-state index in [-0.39, 0.29) is 23.3 Å². The van der Waals surface area contributed by atoms with Gasteiger partial charge in [-0.25, -0.2) is 0 Å². The fourth-order valence-electron chi connectivity index (χ4n) is 4.33. The van der Waals surface area contributed by atoms with Gasteiger partial charge in [0, 0.05) is 47.3 Å². The molecule has 2 bridgehead atoms. The minimum atomic E-state index is -1.70. The summed E-state index contributed by atoms with van der Waals surface area (Å²) in [5, 5.41) is 2.89. The van der Waals surface area contributed by atoms with Crippen molar-refractivity contribution < 1.29 is 4.79 Å². The van der Waals surface area contributed by atoms with Crippen LogP contribution in [0, 0.1) is 5.92 Å². The molecule has 154 valence electrons. The van der Waals surface area contributed by atoms with E-state index in [1.807, 2.05) is 15.5 Å². The maximum Gasteiger partial charge on any atom is 0.252 e. The Morgan fingerprint density at radius 1 is 1.10 bits per heavy atom. The number of carbonyl (C=O) groups excluding carboxylic acids is 1. The van der Waals surface area contributed by atoms with Crippen LogP contribution in [0.25, 0.3) is 0 Å². The number of piperidine rings is 1. The minimum absolute atomic E-state index is 0.0205. The summed E-state index contributed by atoms with van der Waals surface area (Å²) in [6.07, 6.45) is 0.198. The number of carbonyl (C=O) groups is 1. The molecule has 1 N–H and O–H groups in total. The molecule has 0 radical (unpaired) electrons. The Hall–Kier alpha value is -1.05. The van der Waals surface area contributed by atoms with Crippen molar-refractivity contribution in [2.45, 2.75) is 28.8 Å². The highest BCUT2D eigenvalue weighted by atomic mass is 79.9. The third-order valence-corrected chi connectivity index (χ3v) is 6.71. The number of aromatic nitrogens is 1. The van der Waals surface area contributed by atoms with Crippen molar-refractivity contribution in [2.75, 3.05) is 13.1 Å². The van der Waals surface area contributed by atoms with E-state index in [1.54, 1.807) is 36.4 Å². The number of halogens is 4. The average Bonchev–Trinajstić information content (AvgIpc) is 2.66. The molecule has 2 aliphatic heterocycles. The van der Waals surface area contributed by atoms with Crippen LogP contribution < -0.4 is 10.9 Å². The Labute approximate surface area is 192 Å². The zero-order chi connectivity index (χ0) is 20.8. The molecule has 0 saturated carbocycles. The lowest BCUT2D eigenvalue weighted by Gasteiger charge is -2.47. The second kappa shape index (κ2) is 8.23. The van der Waals surface area contributed by atoms with E-state index < -0.39 is 9.96 Å². The molecule has 1 aromatic carbocycles. The van der Waals surface area contributed by atoms with Crippen molar-refractivity contribution in [3.63, 3.8) is 0 Å². The van der Waals surface area contributed by atoms with E-state index in [1.165, 1.54) is 0 Å². The van der Waals surface area contributed by atoms with Gasteiger partial charge in [-0.2, -0.15) is 0 Å². The second-order valence-corrected chi connectivity index (χ2v) is 10.9. The van der Waals surface area contributed by atoms with Gasteiger partial charge in [0.2, 0.25) is 3.79 Å². The number of amides is 1. The zero-order valence-electron chi connectivity index (χ0n) is 15.3. The fraction of sp³-hybridized carbons (Fsp3) is 0.400. The number of fused-ring (bicyclic) bond motifs is 4. The Morgan fingerprint density at radius 2 is 1.83 bits per heavy atom. The van der Waals surface area contributed by atoms with E-state index >= 15 is 0 Å². The van der Waals surface area contributed by atoms with Crippen molar-refractivity contribution in [1.29, 1.82) is 0 Å². The summed E-state index contributed by atoms with van der Waals surface area (Å²) in [5.41, 5.74) is 1.51. The normalized spacial score (nSPS) is 22.6. The second-order valence-electron chi connectivity index (χ2n) is 7.58. The van der Waals surface area contributed by atoms with Crippen molar-refractivity contribution in [3.8, 4) is 0 Å². The maximum atomic E-state index is 12.8. The van der Waals surface area contributed by atoms with Gasteiger partial charge >= 0.3 is 0 Å². The van der Waals surface area contributed by atoms with Crippen molar-refractivity contribution in [3.05, 3.63) is 68.5 Å². The summed E-state index contributed by atoms with van der Waals surface area (Å²) in [7, 11) is 0. The molecule has 2 aromatic rings. The third-order valence-electron chi connectivity index (χ3n) is 5.56. The van der Waals surface area contributed by atoms with Gasteiger partial charge in [0.1, 0.15) is 6.17 Å². The number of nitrogens with zero attached hydrogens (tertiary/aromatic N) is 2. The van der Waals surface area contributed by atoms with Gasteiger partial charge in [-0.1, -0.05) is 56.8 Å². The summed E-state index contributed by atoms with van der Waals surface area (Å²) >= 11 is 22.2. The number of hydrogen-bond donors (Lipinski definition) is 1. The van der Waals surface area contributed by atoms with Crippen LogP contribution in [-0.4, -0.2) is 38.4 Å². The summed E-state index contributed by atoms with van der Waals surface area (Å²) in [4.78, 5) is 27.0. The van der Waals surface area contributed by atoms with E-state index in [2.05, 4.69) is 21.2 Å². The standard InChI is InChI=1S/C20H19BrCl3N3O2/c21-15-6-4-13(5-7-15)18(29)25-19(20(22,23)24)26-9-12-8-14(11-26)16-2-1-3-17(28)27(16)10-12/h1-7,12,14,19H,8-11H2,(H,25,29)/t12-,14-,19+/m0/s1. The maximum absolute atomic E-state index is 12.8. The lowest BCUT2D eigenvalue weighted by molar-refractivity contribution is 0.0586. The minimum Gasteiger partial charge on any atom is -0.332 e. The molecule has 1 fully saturated rings. The molecule has 2 aliphatic rings. The quantitative estimate of drug-likeness (QED) is 0.620. The van der Waals surface area contributed by atoms with Gasteiger partial charge in [0.25, 0.3) is 11.5 Å². The number of nitrogens with one attached hydrogen (secondary N) is 1. The van der Waals surface area contributed by atoms with Crippen LogP contribution in [0.1, 0.15) is 28.4 Å². The molecule has 0 spiro atoms. The molecule has 1 aromatic heterocycles. The van der Waals surface area contributed by atoms with Gasteiger partial charge < -0.3 is 9.88 Å². The summed E-state index contributed by atoms with van der Waals surface area (Å²) in [6.45, 7) is 1.87. The Kier molecular flexibility index (Phi) is 6.02. The number of benzene rings is 1. The molecular formula is C20H19BrCl3N3O2. The first kappa shape index (κ1) is 21.2. The molecule has 3 atom stereocenters. The number of hydrogen-bond acceptors (Lipinski definition) is 3. The predicted octanol–water partition coefficient (Wildman–Crippen LogP) is 4.16. The molecule has 9 heteroatoms. The van der Waals surface area contributed by atoms with Crippen LogP contribution in [0.4, 0.5) is 0 Å². The molecule has 0 unspecified atom stereocenters. The summed E-state index contributed by atoms with van der Waals surface area (Å²) in [6, 6.07) is 12.4. The van der Waals surface area contributed by atoms with Crippen molar-refractivity contribution in [1.82, 2.24) is 14.8 Å². The summed E-state index contributed by atoms with van der Waals surface area (Å²) in [5.74, 6) is 0.0952. The van der Waals surface area contributed by atoms with Gasteiger partial charge in [-0.15, -0.1) is 0 Å². The zero-order valence-corrected chi connectivity index (χ0v) is 19.2. The Morgan fingerprint density at radius 3 is 2.52 bits per heavy atom. The van der Waals surface area contributed by atoms with Crippen LogP contribution in [0.2, 0.25) is 0 Å². The third kappa shape index (κ3) is 4.52. The molecule has 1 saturated heterocycles. The molecule has 5 nitrogen and oxygen atoms in total. The lowest BCUT2D eigenvalue weighted by Crippen LogP contribution is -2.60. The van der Waals surface area contributed by atoms with Crippen LogP contribution in [-0.2, 0) is 6.54 Å². The van der Waals surface area contributed by atoms with Crippen molar-refractivity contribution in [2.24, 2.45) is 5.92 Å². The Balaban J connectivity index is 1.58. The van der Waals surface area contributed by atoms with Gasteiger partial charge in [-0.3, -0.25) is 14.5 Å². The smallest absolute Gasteiger partial charge is 0.252 e. The van der Waals surface area contributed by atoms with Crippen LogP contribution in [0.5, 0.6) is 0 Å². The van der Waals surface area contributed by atoms with E-state index in [0.717, 1.165) is 16.6 Å². The predicted molar refractivity (Wildman–Crippen MR) is 119 cm³/mol. The van der Waals surface area contributed by atoms with Crippen molar-refractivity contribution >= 4 is 56.6 Å². The van der Waals surface area contributed by atoms with Crippen LogP contribution >= 0.6 is 50.7 Å². The van der Waals surface area contributed by atoms with Crippen LogP contribution in [0.15, 0.2) is 51.7 Å². The van der Waals surface area contributed by atoms with E-state index in [0.29, 0.717) is 25.2 Å². The van der Waals surface area contributed by atoms with E-state index in [4.69, 9.17) is 34.8 Å². The summed E-state index contributed by atoms with van der Waals surface area (Å²) < 4.78 is 1.03. The molecule has 0 aliphatic carbocycles. The number of alkyl halides is 3. The highest BCUT2D eigenvalue weighted by Gasteiger charge is 2.44. The largest absolute Gasteiger partial charge is 0.332 e.